The van der Waals surface area contributed by atoms with Gasteiger partial charge in [0.15, 0.2) is 5.82 Å². The number of amidine groups is 1. The second-order valence-electron chi connectivity index (χ2n) is 23.8. The number of allylic oxidation sites excluding steroid dienone is 4. The number of piperidine rings is 1. The normalized spacial score (nSPS) is 32.7. The van der Waals surface area contributed by atoms with Crippen molar-refractivity contribution in [2.24, 2.45) is 33.6 Å². The first-order valence-corrected chi connectivity index (χ1v) is 28.3. The SMILES string of the molecule is C=C(C)C1=C(/C=C\C)N2C(=NC1=C)C1(CCCCC1)c1ccc(N3CCC(CN4CC(CN5CCN6c7c(F)cc(C8CCC(=C)C9(C)CC%10CC%10(C9)C8=O)cc7OC7C[C@]76C5)C4)CC3)cc12.CC.CC. The molecule has 11 aliphatic rings. The van der Waals surface area contributed by atoms with Gasteiger partial charge in [-0.25, -0.2) is 9.38 Å². The van der Waals surface area contributed by atoms with Crippen LogP contribution in [0, 0.1) is 34.4 Å². The molecule has 8 fully saturated rings. The van der Waals surface area contributed by atoms with Crippen LogP contribution in [0.2, 0.25) is 0 Å². The van der Waals surface area contributed by atoms with Crippen molar-refractivity contribution >= 4 is 28.7 Å². The van der Waals surface area contributed by atoms with Crippen molar-refractivity contribution in [1.82, 2.24) is 9.80 Å². The molecule has 6 atom stereocenters. The molecular weight excluding hydrogens is 880 g/mol. The second kappa shape index (κ2) is 18.2. The number of fused-ring (bicyclic) bond motifs is 8. The molecule has 13 rings (SSSR count). The van der Waals surface area contributed by atoms with Gasteiger partial charge in [0.05, 0.1) is 28.0 Å². The fraction of sp³-hybridized carbons (Fsp3) is 0.613. The van der Waals surface area contributed by atoms with Gasteiger partial charge < -0.3 is 19.4 Å². The number of Topliss-reactive ketones (excluding diaryl/α,β-unsaturated/α-hetero) is 1. The van der Waals surface area contributed by atoms with E-state index in [2.05, 4.69) is 95.4 Å². The van der Waals surface area contributed by atoms with Crippen molar-refractivity contribution in [3.05, 3.63) is 107 Å². The number of hydrogen-bond acceptors (Lipinski definition) is 8. The van der Waals surface area contributed by atoms with E-state index in [0.717, 1.165) is 119 Å². The number of likely N-dealkylation sites (tertiary alicyclic amines) is 1. The van der Waals surface area contributed by atoms with Gasteiger partial charge in [-0.05, 0) is 142 Å². The molecule has 5 unspecified atom stereocenters. The molecule has 0 aromatic heterocycles. The monoisotopic (exact) mass is 963 g/mol. The lowest BCUT2D eigenvalue weighted by Gasteiger charge is -2.49. The van der Waals surface area contributed by atoms with E-state index in [0.29, 0.717) is 29.1 Å². The van der Waals surface area contributed by atoms with Crippen LogP contribution in [0.15, 0.2) is 95.3 Å². The number of rotatable bonds is 8. The Morgan fingerprint density at radius 3 is 2.39 bits per heavy atom. The molecule has 2 aromatic rings. The van der Waals surface area contributed by atoms with Gasteiger partial charge in [0, 0.05) is 87.9 Å². The molecule has 3 saturated heterocycles. The first kappa shape index (κ1) is 48.8. The van der Waals surface area contributed by atoms with Crippen LogP contribution in [0.1, 0.15) is 149 Å². The molecule has 71 heavy (non-hydrogen) atoms. The van der Waals surface area contributed by atoms with Gasteiger partial charge in [-0.3, -0.25) is 14.6 Å². The molecule has 2 bridgehead atoms. The third-order valence-corrected chi connectivity index (χ3v) is 19.6. The van der Waals surface area contributed by atoms with E-state index >= 15 is 4.39 Å². The Morgan fingerprint density at radius 1 is 0.915 bits per heavy atom. The van der Waals surface area contributed by atoms with E-state index in [1.165, 1.54) is 85.8 Å². The van der Waals surface area contributed by atoms with Crippen molar-refractivity contribution in [1.29, 1.82) is 0 Å². The molecule has 5 aliphatic carbocycles. The largest absolute Gasteiger partial charge is 0.486 e. The van der Waals surface area contributed by atoms with Crippen molar-refractivity contribution in [3.8, 4) is 5.75 Å². The van der Waals surface area contributed by atoms with E-state index in [1.54, 1.807) is 6.07 Å². The summed E-state index contributed by atoms with van der Waals surface area (Å²) in [5.41, 5.74) is 10.6. The minimum Gasteiger partial charge on any atom is -0.486 e. The number of halogens is 1. The summed E-state index contributed by atoms with van der Waals surface area (Å²) in [6, 6.07) is 11.1. The lowest BCUT2D eigenvalue weighted by Crippen LogP contribution is -2.61. The number of hydrogen-bond donors (Lipinski definition) is 0. The summed E-state index contributed by atoms with van der Waals surface area (Å²) in [5, 5.41) is 0. The topological polar surface area (TPSA) is 54.9 Å². The number of aliphatic imine (C=N–C) groups is 1. The summed E-state index contributed by atoms with van der Waals surface area (Å²) in [6.07, 6.45) is 18.5. The van der Waals surface area contributed by atoms with Gasteiger partial charge in [0.2, 0.25) is 0 Å². The molecule has 9 heteroatoms. The molecule has 0 amide bonds. The summed E-state index contributed by atoms with van der Waals surface area (Å²) >= 11 is 0. The summed E-state index contributed by atoms with van der Waals surface area (Å²) in [4.78, 5) is 32.3. The highest BCUT2D eigenvalue weighted by molar-refractivity contribution is 6.16. The highest BCUT2D eigenvalue weighted by atomic mass is 19.1. The van der Waals surface area contributed by atoms with Crippen LogP contribution >= 0.6 is 0 Å². The zero-order chi connectivity index (χ0) is 49.8. The van der Waals surface area contributed by atoms with Crippen LogP contribution in [0.25, 0.3) is 0 Å². The number of ketones is 1. The predicted octanol–water partition coefficient (Wildman–Crippen LogP) is 12.9. The van der Waals surface area contributed by atoms with Gasteiger partial charge in [0.25, 0.3) is 0 Å². The Bertz CT molecular complexity index is 2610. The summed E-state index contributed by atoms with van der Waals surface area (Å²) in [6.45, 7) is 37.4. The third kappa shape index (κ3) is 7.68. The first-order chi connectivity index (χ1) is 34.3. The average molecular weight is 963 g/mol. The van der Waals surface area contributed by atoms with E-state index in [1.807, 2.05) is 33.8 Å². The third-order valence-electron chi connectivity index (χ3n) is 19.6. The summed E-state index contributed by atoms with van der Waals surface area (Å²) < 4.78 is 23.1. The maximum atomic E-state index is 16.5. The Hall–Kier alpha value is -4.47. The lowest BCUT2D eigenvalue weighted by atomic mass is 9.69. The number of anilines is 3. The molecule has 3 spiro atoms. The fourth-order valence-electron chi connectivity index (χ4n) is 16.0. The van der Waals surface area contributed by atoms with Gasteiger partial charge in [0.1, 0.15) is 29.2 Å². The zero-order valence-electron chi connectivity index (χ0n) is 44.5. The van der Waals surface area contributed by atoms with E-state index in [9.17, 15) is 4.79 Å². The molecule has 6 aliphatic heterocycles. The molecule has 2 aromatic carbocycles. The summed E-state index contributed by atoms with van der Waals surface area (Å²) in [7, 11) is 0. The van der Waals surface area contributed by atoms with Crippen molar-refractivity contribution in [2.45, 2.75) is 155 Å². The fourth-order valence-corrected chi connectivity index (χ4v) is 16.0. The minimum absolute atomic E-state index is 0.0483. The molecule has 380 valence electrons. The highest BCUT2D eigenvalue weighted by Gasteiger charge is 2.70. The molecule has 5 saturated carbocycles. The van der Waals surface area contributed by atoms with Gasteiger partial charge in [-0.1, -0.05) is 91.3 Å². The Morgan fingerprint density at radius 2 is 1.66 bits per heavy atom. The predicted molar refractivity (Wildman–Crippen MR) is 290 cm³/mol. The quantitative estimate of drug-likeness (QED) is 0.244. The molecular formula is C62H83FN6O2. The Labute approximate surface area is 425 Å². The number of benzene rings is 2. The van der Waals surface area contributed by atoms with Gasteiger partial charge >= 0.3 is 0 Å². The Kier molecular flexibility index (Phi) is 12.5. The van der Waals surface area contributed by atoms with Crippen molar-refractivity contribution in [2.75, 3.05) is 73.6 Å². The second-order valence-corrected chi connectivity index (χ2v) is 23.8. The van der Waals surface area contributed by atoms with E-state index in [4.69, 9.17) is 9.73 Å². The number of piperazine rings is 1. The maximum Gasteiger partial charge on any atom is 0.150 e. The highest BCUT2D eigenvalue weighted by Crippen LogP contribution is 2.73. The van der Waals surface area contributed by atoms with Crippen LogP contribution in [0.3, 0.4) is 0 Å². The standard InChI is InChI=1S/C58H71FN6O2.2C2H6/c1-7-11-47-51(36(2)3)38(5)60-54-56(18-9-8-10-19-56)45-15-13-43(26-48(45)65(47)54)63-20-16-39(17-21-63)30-62-32-40(33-62)31-61-22-23-64-52-46(59)24-41(25-49(52)67-50-29-58(50,64)35-61)44-14-12-37(4)55(6)27-42-28-57(42,34-55)53(44)66;2*1-2/h7,11,13,15,24-26,39-40,42,44,50H,2,4-5,8-10,12,14,16-23,27-35H2,1,3,6H3;2*1-2H3/b11-7-;;/t42?,44?,50?,55?,57?,58-;;/m0../s1. The van der Waals surface area contributed by atoms with Crippen LogP contribution in [-0.2, 0) is 10.2 Å². The first-order valence-electron chi connectivity index (χ1n) is 28.3. The van der Waals surface area contributed by atoms with Crippen molar-refractivity contribution < 1.29 is 13.9 Å². The minimum atomic E-state index is -0.276. The molecule has 8 nitrogen and oxygen atoms in total. The van der Waals surface area contributed by atoms with Gasteiger partial charge in [-0.2, -0.15) is 0 Å². The molecule has 6 heterocycles. The van der Waals surface area contributed by atoms with Crippen LogP contribution in [-0.4, -0.2) is 92.0 Å². The molecule has 0 N–H and O–H groups in total. The van der Waals surface area contributed by atoms with Crippen molar-refractivity contribution in [3.63, 3.8) is 0 Å². The average Bonchev–Trinajstić information content (AvgIpc) is 4.19. The Balaban J connectivity index is 0.00000134. The van der Waals surface area contributed by atoms with Crippen LogP contribution in [0.5, 0.6) is 5.75 Å². The maximum absolute atomic E-state index is 16.5. The van der Waals surface area contributed by atoms with Crippen LogP contribution < -0.4 is 19.4 Å². The zero-order valence-corrected chi connectivity index (χ0v) is 44.5. The van der Waals surface area contributed by atoms with Gasteiger partial charge in [-0.15, -0.1) is 0 Å². The molecule has 0 radical (unpaired) electrons. The van der Waals surface area contributed by atoms with Crippen LogP contribution in [0.4, 0.5) is 21.5 Å². The van der Waals surface area contributed by atoms with E-state index < -0.39 is 0 Å². The number of nitrogens with zero attached hydrogens (tertiary/aromatic N) is 6. The number of carbonyl (C=O) groups is 1. The number of ether oxygens (including phenoxy) is 1. The smallest absolute Gasteiger partial charge is 0.150 e. The van der Waals surface area contributed by atoms with E-state index in [-0.39, 0.29) is 39.6 Å². The lowest BCUT2D eigenvalue weighted by molar-refractivity contribution is -0.126. The number of carbonyl (C=O) groups excluding carboxylic acids is 1. The summed E-state index contributed by atoms with van der Waals surface area (Å²) in [5.74, 6) is 3.58.